The van der Waals surface area contributed by atoms with Crippen LogP contribution in [0.15, 0.2) is 42.7 Å². The zero-order valence-corrected chi connectivity index (χ0v) is 10.5. The van der Waals surface area contributed by atoms with Gasteiger partial charge < -0.3 is 5.32 Å². The molecule has 88 valence electrons. The van der Waals surface area contributed by atoms with Crippen LogP contribution in [0.2, 0.25) is 5.02 Å². The van der Waals surface area contributed by atoms with Crippen LogP contribution >= 0.6 is 11.6 Å². The van der Waals surface area contributed by atoms with Crippen LogP contribution in [0, 0.1) is 6.92 Å². The topological polar surface area (TPSA) is 24.9 Å². The number of hydrogen-bond acceptors (Lipinski definition) is 2. The molecule has 0 saturated carbocycles. The van der Waals surface area contributed by atoms with Crippen LogP contribution in [0.5, 0.6) is 0 Å². The van der Waals surface area contributed by atoms with Crippen molar-refractivity contribution >= 4 is 11.6 Å². The normalized spacial score (nSPS) is 10.5. The summed E-state index contributed by atoms with van der Waals surface area (Å²) in [6.07, 6.45) is 3.62. The van der Waals surface area contributed by atoms with Gasteiger partial charge in [0.2, 0.25) is 0 Å². The van der Waals surface area contributed by atoms with E-state index in [1.165, 1.54) is 16.7 Å². The Balaban J connectivity index is 1.90. The van der Waals surface area contributed by atoms with E-state index in [1.807, 2.05) is 36.7 Å². The first-order valence-corrected chi connectivity index (χ1v) is 5.98. The standard InChI is InChI=1S/C14H15ClN2/c1-11-8-14(15)3-2-13(11)10-17-9-12-4-6-16-7-5-12/h2-8,17H,9-10H2,1H3. The van der Waals surface area contributed by atoms with E-state index in [0.717, 1.165) is 18.1 Å². The van der Waals surface area contributed by atoms with Crippen LogP contribution in [0.3, 0.4) is 0 Å². The third kappa shape index (κ3) is 3.55. The molecule has 17 heavy (non-hydrogen) atoms. The third-order valence-electron chi connectivity index (χ3n) is 2.70. The Hall–Kier alpha value is -1.38. The van der Waals surface area contributed by atoms with Gasteiger partial charge >= 0.3 is 0 Å². The van der Waals surface area contributed by atoms with Gasteiger partial charge in [-0.15, -0.1) is 0 Å². The van der Waals surface area contributed by atoms with Gasteiger partial charge in [0, 0.05) is 30.5 Å². The molecule has 1 heterocycles. The van der Waals surface area contributed by atoms with Gasteiger partial charge in [-0.2, -0.15) is 0 Å². The first-order chi connectivity index (χ1) is 8.25. The summed E-state index contributed by atoms with van der Waals surface area (Å²) in [4.78, 5) is 3.99. The van der Waals surface area contributed by atoms with E-state index in [2.05, 4.69) is 23.3 Å². The summed E-state index contributed by atoms with van der Waals surface area (Å²) in [6, 6.07) is 10.0. The predicted molar refractivity (Wildman–Crippen MR) is 71.0 cm³/mol. The largest absolute Gasteiger partial charge is 0.309 e. The lowest BCUT2D eigenvalue weighted by atomic mass is 10.1. The van der Waals surface area contributed by atoms with Crippen molar-refractivity contribution in [1.29, 1.82) is 0 Å². The average Bonchev–Trinajstić information content (AvgIpc) is 2.33. The van der Waals surface area contributed by atoms with Crippen LogP contribution in [0.1, 0.15) is 16.7 Å². The Morgan fingerprint density at radius 3 is 2.59 bits per heavy atom. The van der Waals surface area contributed by atoms with Gasteiger partial charge in [0.05, 0.1) is 0 Å². The number of halogens is 1. The molecule has 0 aliphatic carbocycles. The highest BCUT2D eigenvalue weighted by atomic mass is 35.5. The van der Waals surface area contributed by atoms with E-state index >= 15 is 0 Å². The molecule has 2 nitrogen and oxygen atoms in total. The van der Waals surface area contributed by atoms with E-state index in [9.17, 15) is 0 Å². The molecule has 0 amide bonds. The van der Waals surface area contributed by atoms with E-state index in [-0.39, 0.29) is 0 Å². The first-order valence-electron chi connectivity index (χ1n) is 5.60. The monoisotopic (exact) mass is 246 g/mol. The third-order valence-corrected chi connectivity index (χ3v) is 2.93. The summed E-state index contributed by atoms with van der Waals surface area (Å²) in [6.45, 7) is 3.78. The smallest absolute Gasteiger partial charge is 0.0408 e. The fraction of sp³-hybridized carbons (Fsp3) is 0.214. The van der Waals surface area contributed by atoms with E-state index < -0.39 is 0 Å². The fourth-order valence-electron chi connectivity index (χ4n) is 1.70. The Morgan fingerprint density at radius 2 is 1.88 bits per heavy atom. The number of aromatic nitrogens is 1. The van der Waals surface area contributed by atoms with Gasteiger partial charge in [-0.25, -0.2) is 0 Å². The summed E-state index contributed by atoms with van der Waals surface area (Å²) in [5.41, 5.74) is 3.75. The number of nitrogens with one attached hydrogen (secondary N) is 1. The molecule has 0 atom stereocenters. The zero-order valence-electron chi connectivity index (χ0n) is 9.78. The second-order valence-electron chi connectivity index (χ2n) is 4.03. The van der Waals surface area contributed by atoms with Crippen LogP contribution in [-0.4, -0.2) is 4.98 Å². The minimum absolute atomic E-state index is 0.792. The number of rotatable bonds is 4. The second-order valence-corrected chi connectivity index (χ2v) is 4.47. The zero-order chi connectivity index (χ0) is 12.1. The highest BCUT2D eigenvalue weighted by molar-refractivity contribution is 6.30. The Morgan fingerprint density at radius 1 is 1.12 bits per heavy atom. The van der Waals surface area contributed by atoms with Crippen LogP contribution in [0.25, 0.3) is 0 Å². The van der Waals surface area contributed by atoms with Gasteiger partial charge in [0.15, 0.2) is 0 Å². The Labute approximate surface area is 107 Å². The van der Waals surface area contributed by atoms with Crippen molar-refractivity contribution in [2.24, 2.45) is 0 Å². The number of hydrogen-bond donors (Lipinski definition) is 1. The molecular weight excluding hydrogens is 232 g/mol. The van der Waals surface area contributed by atoms with E-state index in [0.29, 0.717) is 0 Å². The predicted octanol–water partition coefficient (Wildman–Crippen LogP) is 3.33. The molecular formula is C14H15ClN2. The second kappa shape index (κ2) is 5.80. The fourth-order valence-corrected chi connectivity index (χ4v) is 1.93. The maximum absolute atomic E-state index is 5.92. The van der Waals surface area contributed by atoms with Crippen LogP contribution in [0.4, 0.5) is 0 Å². The molecule has 3 heteroatoms. The highest BCUT2D eigenvalue weighted by Gasteiger charge is 1.99. The van der Waals surface area contributed by atoms with Crippen molar-refractivity contribution in [3.05, 3.63) is 64.4 Å². The molecule has 0 unspecified atom stereocenters. The molecule has 1 N–H and O–H groups in total. The average molecular weight is 247 g/mol. The van der Waals surface area contributed by atoms with Gasteiger partial charge in [-0.3, -0.25) is 4.98 Å². The minimum atomic E-state index is 0.792. The lowest BCUT2D eigenvalue weighted by Crippen LogP contribution is -2.13. The molecule has 0 radical (unpaired) electrons. The SMILES string of the molecule is Cc1cc(Cl)ccc1CNCc1ccncc1. The van der Waals surface area contributed by atoms with Crippen molar-refractivity contribution in [1.82, 2.24) is 10.3 Å². The summed E-state index contributed by atoms with van der Waals surface area (Å²) >= 11 is 5.92. The van der Waals surface area contributed by atoms with Crippen molar-refractivity contribution in [2.75, 3.05) is 0 Å². The number of nitrogens with zero attached hydrogens (tertiary/aromatic N) is 1. The van der Waals surface area contributed by atoms with Gasteiger partial charge in [-0.1, -0.05) is 17.7 Å². The maximum Gasteiger partial charge on any atom is 0.0408 e. The molecule has 0 fully saturated rings. The molecule has 0 saturated heterocycles. The summed E-state index contributed by atoms with van der Waals surface area (Å²) in [5, 5.41) is 4.20. The summed E-state index contributed by atoms with van der Waals surface area (Å²) in [5.74, 6) is 0. The minimum Gasteiger partial charge on any atom is -0.309 e. The van der Waals surface area contributed by atoms with Crippen LogP contribution < -0.4 is 5.32 Å². The van der Waals surface area contributed by atoms with E-state index in [4.69, 9.17) is 11.6 Å². The summed E-state index contributed by atoms with van der Waals surface area (Å²) in [7, 11) is 0. The number of aryl methyl sites for hydroxylation is 1. The highest BCUT2D eigenvalue weighted by Crippen LogP contribution is 2.15. The first kappa shape index (κ1) is 12.1. The van der Waals surface area contributed by atoms with Gasteiger partial charge in [0.25, 0.3) is 0 Å². The van der Waals surface area contributed by atoms with Crippen molar-refractivity contribution in [3.63, 3.8) is 0 Å². The van der Waals surface area contributed by atoms with Crippen molar-refractivity contribution in [2.45, 2.75) is 20.0 Å². The molecule has 0 aliphatic rings. The molecule has 0 aliphatic heterocycles. The van der Waals surface area contributed by atoms with Crippen LogP contribution in [-0.2, 0) is 13.1 Å². The molecule has 0 bridgehead atoms. The Bertz CT molecular complexity index is 483. The number of benzene rings is 1. The quantitative estimate of drug-likeness (QED) is 0.895. The van der Waals surface area contributed by atoms with E-state index in [1.54, 1.807) is 0 Å². The summed E-state index contributed by atoms with van der Waals surface area (Å²) < 4.78 is 0. The lowest BCUT2D eigenvalue weighted by molar-refractivity contribution is 0.690. The van der Waals surface area contributed by atoms with Crippen molar-refractivity contribution < 1.29 is 0 Å². The molecule has 0 spiro atoms. The molecule has 2 aromatic rings. The van der Waals surface area contributed by atoms with Gasteiger partial charge in [-0.05, 0) is 47.9 Å². The lowest BCUT2D eigenvalue weighted by Gasteiger charge is -2.08. The molecule has 1 aromatic heterocycles. The van der Waals surface area contributed by atoms with Gasteiger partial charge in [0.1, 0.15) is 0 Å². The van der Waals surface area contributed by atoms with Crippen molar-refractivity contribution in [3.8, 4) is 0 Å². The maximum atomic E-state index is 5.92. The number of pyridine rings is 1. The molecule has 1 aromatic carbocycles. The molecule has 2 rings (SSSR count). The Kier molecular flexibility index (Phi) is 4.13.